The van der Waals surface area contributed by atoms with Crippen molar-refractivity contribution >= 4 is 17.6 Å². The van der Waals surface area contributed by atoms with Gasteiger partial charge in [0.2, 0.25) is 5.88 Å². The number of benzene rings is 1. The molecule has 1 heterocycles. The van der Waals surface area contributed by atoms with Gasteiger partial charge in [-0.2, -0.15) is 4.98 Å². The van der Waals surface area contributed by atoms with Gasteiger partial charge in [0.15, 0.2) is 5.15 Å². The average molecular weight is 337 g/mol. The predicted molar refractivity (Wildman–Crippen MR) is 85.2 cm³/mol. The molecule has 0 atom stereocenters. The van der Waals surface area contributed by atoms with Crippen LogP contribution >= 0.6 is 11.6 Å². The molecule has 23 heavy (non-hydrogen) atoms. The number of aryl methyl sites for hydroxylation is 1. The number of carbonyl (C=O) groups is 1. The number of nitrogens with zero attached hydrogens (tertiary/aromatic N) is 2. The largest absolute Gasteiger partial charge is 0.494 e. The van der Waals surface area contributed by atoms with Crippen LogP contribution in [-0.4, -0.2) is 35.8 Å². The highest BCUT2D eigenvalue weighted by Crippen LogP contribution is 2.19. The molecule has 0 fully saturated rings. The first-order valence-corrected chi connectivity index (χ1v) is 7.49. The molecule has 0 unspecified atom stereocenters. The highest BCUT2D eigenvalue weighted by molar-refractivity contribution is 6.29. The zero-order valence-corrected chi connectivity index (χ0v) is 13.7. The summed E-state index contributed by atoms with van der Waals surface area (Å²) in [5.41, 5.74) is 1.35. The maximum atomic E-state index is 12.0. The number of hydrogen-bond donors (Lipinski definition) is 0. The standard InChI is InChI=1S/C16H17ClN2O4/c1-3-21-13-5-4-12(8-11(13)2)16(20)23-7-6-22-15-10-18-9-14(17)19-15/h4-5,8-10H,3,6-7H2,1-2H3. The van der Waals surface area contributed by atoms with E-state index < -0.39 is 5.97 Å². The van der Waals surface area contributed by atoms with Crippen molar-refractivity contribution in [3.05, 3.63) is 46.9 Å². The molecule has 2 rings (SSSR count). The van der Waals surface area contributed by atoms with E-state index in [0.29, 0.717) is 12.2 Å². The maximum Gasteiger partial charge on any atom is 0.338 e. The van der Waals surface area contributed by atoms with Gasteiger partial charge in [-0.3, -0.25) is 4.98 Å². The lowest BCUT2D eigenvalue weighted by molar-refractivity contribution is 0.0447. The van der Waals surface area contributed by atoms with Gasteiger partial charge < -0.3 is 14.2 Å². The summed E-state index contributed by atoms with van der Waals surface area (Å²) >= 11 is 5.69. The Labute approximate surface area is 139 Å². The summed E-state index contributed by atoms with van der Waals surface area (Å²) in [5, 5.41) is 0.240. The summed E-state index contributed by atoms with van der Waals surface area (Å²) in [6, 6.07) is 5.16. The van der Waals surface area contributed by atoms with E-state index in [0.717, 1.165) is 11.3 Å². The molecular formula is C16H17ClN2O4. The van der Waals surface area contributed by atoms with E-state index >= 15 is 0 Å². The van der Waals surface area contributed by atoms with E-state index in [1.165, 1.54) is 12.4 Å². The first-order valence-electron chi connectivity index (χ1n) is 7.11. The number of rotatable bonds is 7. The van der Waals surface area contributed by atoms with Gasteiger partial charge in [-0.05, 0) is 37.6 Å². The number of carbonyl (C=O) groups excluding carboxylic acids is 1. The predicted octanol–water partition coefficient (Wildman–Crippen LogP) is 3.07. The van der Waals surface area contributed by atoms with E-state index in [9.17, 15) is 4.79 Å². The molecule has 0 aliphatic carbocycles. The van der Waals surface area contributed by atoms with Crippen molar-refractivity contribution in [2.24, 2.45) is 0 Å². The van der Waals surface area contributed by atoms with Gasteiger partial charge in [-0.1, -0.05) is 11.6 Å². The molecule has 0 radical (unpaired) electrons. The Morgan fingerprint density at radius 2 is 2.04 bits per heavy atom. The molecule has 1 aromatic carbocycles. The fourth-order valence-corrected chi connectivity index (χ4v) is 1.99. The number of hydrogen-bond acceptors (Lipinski definition) is 6. The van der Waals surface area contributed by atoms with Gasteiger partial charge in [0.25, 0.3) is 0 Å². The minimum absolute atomic E-state index is 0.0965. The fraction of sp³-hybridized carbons (Fsp3) is 0.312. The molecule has 0 bridgehead atoms. The quantitative estimate of drug-likeness (QED) is 0.571. The van der Waals surface area contributed by atoms with Gasteiger partial charge >= 0.3 is 5.97 Å². The lowest BCUT2D eigenvalue weighted by Gasteiger charge is -2.09. The SMILES string of the molecule is CCOc1ccc(C(=O)OCCOc2cncc(Cl)n2)cc1C. The Bertz CT molecular complexity index is 679. The first kappa shape index (κ1) is 17.0. The average Bonchev–Trinajstić information content (AvgIpc) is 2.53. The van der Waals surface area contributed by atoms with Crippen LogP contribution in [0.25, 0.3) is 0 Å². The molecule has 0 saturated carbocycles. The normalized spacial score (nSPS) is 10.2. The molecule has 2 aromatic rings. The van der Waals surface area contributed by atoms with E-state index in [-0.39, 0.29) is 24.2 Å². The van der Waals surface area contributed by atoms with Crippen molar-refractivity contribution in [3.8, 4) is 11.6 Å². The zero-order chi connectivity index (χ0) is 16.7. The number of aromatic nitrogens is 2. The van der Waals surface area contributed by atoms with Crippen LogP contribution in [0, 0.1) is 6.92 Å². The van der Waals surface area contributed by atoms with Crippen molar-refractivity contribution in [1.29, 1.82) is 0 Å². The third kappa shape index (κ3) is 5.10. The Morgan fingerprint density at radius 1 is 1.22 bits per heavy atom. The number of halogens is 1. The van der Waals surface area contributed by atoms with Crippen molar-refractivity contribution < 1.29 is 19.0 Å². The second kappa shape index (κ2) is 8.33. The van der Waals surface area contributed by atoms with E-state index in [4.69, 9.17) is 25.8 Å². The molecule has 6 nitrogen and oxygen atoms in total. The van der Waals surface area contributed by atoms with E-state index in [1.807, 2.05) is 13.8 Å². The Hall–Kier alpha value is -2.34. The van der Waals surface area contributed by atoms with Crippen LogP contribution in [0.15, 0.2) is 30.6 Å². The maximum absolute atomic E-state index is 12.0. The van der Waals surface area contributed by atoms with Crippen molar-refractivity contribution in [2.45, 2.75) is 13.8 Å². The van der Waals surface area contributed by atoms with Gasteiger partial charge in [-0.15, -0.1) is 0 Å². The Morgan fingerprint density at radius 3 is 2.74 bits per heavy atom. The van der Waals surface area contributed by atoms with Crippen molar-refractivity contribution in [2.75, 3.05) is 19.8 Å². The minimum atomic E-state index is -0.420. The summed E-state index contributed by atoms with van der Waals surface area (Å²) in [6.45, 7) is 4.62. The van der Waals surface area contributed by atoms with Gasteiger partial charge in [0.1, 0.15) is 19.0 Å². The van der Waals surface area contributed by atoms with Crippen LogP contribution in [0.2, 0.25) is 5.15 Å². The van der Waals surface area contributed by atoms with E-state index in [2.05, 4.69) is 9.97 Å². The molecule has 0 amide bonds. The monoisotopic (exact) mass is 336 g/mol. The van der Waals surface area contributed by atoms with Crippen LogP contribution < -0.4 is 9.47 Å². The molecular weight excluding hydrogens is 320 g/mol. The second-order valence-corrected chi connectivity index (χ2v) is 4.96. The molecule has 0 aliphatic heterocycles. The van der Waals surface area contributed by atoms with Crippen LogP contribution in [0.5, 0.6) is 11.6 Å². The van der Waals surface area contributed by atoms with Crippen LogP contribution in [0.1, 0.15) is 22.8 Å². The molecule has 0 aliphatic rings. The summed E-state index contributed by atoms with van der Waals surface area (Å²) in [4.78, 5) is 19.7. The summed E-state index contributed by atoms with van der Waals surface area (Å²) < 4.78 is 15.9. The van der Waals surface area contributed by atoms with Gasteiger partial charge in [-0.25, -0.2) is 4.79 Å². The molecule has 0 saturated heterocycles. The molecule has 122 valence electrons. The molecule has 7 heteroatoms. The Kier molecular flexibility index (Phi) is 6.17. The fourth-order valence-electron chi connectivity index (χ4n) is 1.85. The lowest BCUT2D eigenvalue weighted by atomic mass is 10.1. The zero-order valence-electron chi connectivity index (χ0n) is 12.9. The second-order valence-electron chi connectivity index (χ2n) is 4.58. The van der Waals surface area contributed by atoms with Crippen molar-refractivity contribution in [1.82, 2.24) is 9.97 Å². The van der Waals surface area contributed by atoms with Crippen LogP contribution in [0.4, 0.5) is 0 Å². The Balaban J connectivity index is 1.81. The summed E-state index contributed by atoms with van der Waals surface area (Å²) in [6.07, 6.45) is 2.84. The molecule has 0 spiro atoms. The highest BCUT2D eigenvalue weighted by atomic mass is 35.5. The van der Waals surface area contributed by atoms with Gasteiger partial charge in [0.05, 0.1) is 24.6 Å². The molecule has 0 N–H and O–H groups in total. The minimum Gasteiger partial charge on any atom is -0.494 e. The third-order valence-corrected chi connectivity index (χ3v) is 3.04. The summed E-state index contributed by atoms with van der Waals surface area (Å²) in [5.74, 6) is 0.620. The first-order chi connectivity index (χ1) is 11.1. The van der Waals surface area contributed by atoms with Gasteiger partial charge in [0, 0.05) is 0 Å². The molecule has 1 aromatic heterocycles. The van der Waals surface area contributed by atoms with Crippen LogP contribution in [0.3, 0.4) is 0 Å². The number of esters is 1. The van der Waals surface area contributed by atoms with Crippen LogP contribution in [-0.2, 0) is 4.74 Å². The topological polar surface area (TPSA) is 70.5 Å². The number of ether oxygens (including phenoxy) is 3. The van der Waals surface area contributed by atoms with Crippen molar-refractivity contribution in [3.63, 3.8) is 0 Å². The highest BCUT2D eigenvalue weighted by Gasteiger charge is 2.10. The lowest BCUT2D eigenvalue weighted by Crippen LogP contribution is -2.13. The smallest absolute Gasteiger partial charge is 0.338 e. The summed E-state index contributed by atoms with van der Waals surface area (Å²) in [7, 11) is 0. The van der Waals surface area contributed by atoms with E-state index in [1.54, 1.807) is 18.2 Å². The third-order valence-electron chi connectivity index (χ3n) is 2.86.